The predicted octanol–water partition coefficient (Wildman–Crippen LogP) is 3.95. The molecule has 0 radical (unpaired) electrons. The highest BCUT2D eigenvalue weighted by atomic mass is 35.5. The molecule has 1 heterocycles. The first-order valence-corrected chi connectivity index (χ1v) is 11.6. The summed E-state index contributed by atoms with van der Waals surface area (Å²) in [7, 11) is 0. The molecule has 6 nitrogen and oxygen atoms in total. The number of hydrogen-bond donors (Lipinski definition) is 2. The van der Waals surface area contributed by atoms with Crippen LogP contribution in [0, 0.1) is 5.41 Å². The molecule has 0 aromatic heterocycles. The Kier molecular flexibility index (Phi) is 9.43. The number of carbonyl (C=O) groups excluding carboxylic acids is 2. The number of hydrogen-bond acceptors (Lipinski definition) is 4. The largest absolute Gasteiger partial charge is 0.371 e. The van der Waals surface area contributed by atoms with E-state index in [4.69, 9.17) is 11.6 Å². The van der Waals surface area contributed by atoms with Gasteiger partial charge in [-0.2, -0.15) is 0 Å². The van der Waals surface area contributed by atoms with E-state index in [1.54, 1.807) is 19.9 Å². The smallest absolute Gasteiger partial charge is 0.253 e. The average molecular weight is 437 g/mol. The van der Waals surface area contributed by atoms with Gasteiger partial charge in [-0.1, -0.05) is 13.8 Å². The summed E-state index contributed by atoms with van der Waals surface area (Å²) < 4.78 is 0. The summed E-state index contributed by atoms with van der Waals surface area (Å²) in [6.45, 7) is 13.1. The molecule has 0 aliphatic carbocycles. The number of nitrogens with zero attached hydrogens (tertiary/aromatic N) is 2. The van der Waals surface area contributed by atoms with Gasteiger partial charge in [-0.3, -0.25) is 9.59 Å². The minimum absolute atomic E-state index is 0.101. The molecular formula is C23H37ClN4O2. The molecule has 0 unspecified atom stereocenters. The Labute approximate surface area is 186 Å². The Bertz CT molecular complexity index is 713. The molecule has 0 atom stereocenters. The van der Waals surface area contributed by atoms with E-state index in [0.717, 1.165) is 51.3 Å². The van der Waals surface area contributed by atoms with Gasteiger partial charge in [0.1, 0.15) is 0 Å². The van der Waals surface area contributed by atoms with Crippen molar-refractivity contribution in [1.29, 1.82) is 0 Å². The number of piperidine rings is 1. The van der Waals surface area contributed by atoms with Crippen LogP contribution in [-0.2, 0) is 4.79 Å². The van der Waals surface area contributed by atoms with Gasteiger partial charge in [0.25, 0.3) is 5.91 Å². The number of likely N-dealkylation sites (N-methyl/N-ethyl adjacent to an activating group) is 1. The van der Waals surface area contributed by atoms with Crippen molar-refractivity contribution in [2.75, 3.05) is 55.4 Å². The topological polar surface area (TPSA) is 64.7 Å². The standard InChI is InChI=1S/C23H37ClN4O2/c1-5-27(6-2)15-12-25-21(29)19-16-18(26-22(30)23(3,4)17-24)10-11-20(19)28-13-8-7-9-14-28/h10-11,16H,5-9,12-15,17H2,1-4H3,(H,25,29)(H,26,30). The molecule has 1 aliphatic rings. The fraction of sp³-hybridized carbons (Fsp3) is 0.652. The van der Waals surface area contributed by atoms with Gasteiger partial charge in [0.15, 0.2) is 0 Å². The van der Waals surface area contributed by atoms with Crippen LogP contribution in [0.3, 0.4) is 0 Å². The van der Waals surface area contributed by atoms with Crippen molar-refractivity contribution in [3.8, 4) is 0 Å². The van der Waals surface area contributed by atoms with Crippen molar-refractivity contribution in [3.05, 3.63) is 23.8 Å². The van der Waals surface area contributed by atoms with Gasteiger partial charge >= 0.3 is 0 Å². The van der Waals surface area contributed by atoms with Crippen LogP contribution in [0.25, 0.3) is 0 Å². The summed E-state index contributed by atoms with van der Waals surface area (Å²) in [5.74, 6) is -0.0322. The SMILES string of the molecule is CCN(CC)CCNC(=O)c1cc(NC(=O)C(C)(C)CCl)ccc1N1CCCCC1. The molecule has 1 aromatic rings. The van der Waals surface area contributed by atoms with Crippen LogP contribution < -0.4 is 15.5 Å². The number of anilines is 2. The van der Waals surface area contributed by atoms with Crippen molar-refractivity contribution >= 4 is 34.8 Å². The lowest BCUT2D eigenvalue weighted by molar-refractivity contribution is -0.122. The number of benzene rings is 1. The molecule has 0 spiro atoms. The second-order valence-corrected chi connectivity index (χ2v) is 8.80. The summed E-state index contributed by atoms with van der Waals surface area (Å²) in [6.07, 6.45) is 3.49. The first-order valence-electron chi connectivity index (χ1n) is 11.1. The van der Waals surface area contributed by atoms with Crippen molar-refractivity contribution in [2.24, 2.45) is 5.41 Å². The molecule has 1 saturated heterocycles. The van der Waals surface area contributed by atoms with E-state index in [1.165, 1.54) is 6.42 Å². The first kappa shape index (κ1) is 24.5. The van der Waals surface area contributed by atoms with E-state index in [0.29, 0.717) is 17.8 Å². The van der Waals surface area contributed by atoms with E-state index in [2.05, 4.69) is 34.3 Å². The molecule has 2 N–H and O–H groups in total. The third-order valence-electron chi connectivity index (χ3n) is 5.75. The van der Waals surface area contributed by atoms with Gasteiger partial charge in [0.05, 0.1) is 11.0 Å². The summed E-state index contributed by atoms with van der Waals surface area (Å²) in [5, 5.41) is 5.98. The van der Waals surface area contributed by atoms with Crippen LogP contribution in [-0.4, -0.2) is 61.9 Å². The normalized spacial score (nSPS) is 14.7. The molecule has 0 bridgehead atoms. The maximum atomic E-state index is 13.1. The predicted molar refractivity (Wildman–Crippen MR) is 126 cm³/mol. The van der Waals surface area contributed by atoms with Gasteiger partial charge in [-0.15, -0.1) is 11.6 Å². The number of carbonyl (C=O) groups is 2. The molecule has 0 saturated carbocycles. The van der Waals surface area contributed by atoms with E-state index >= 15 is 0 Å². The number of halogens is 1. The molecule has 2 rings (SSSR count). The van der Waals surface area contributed by atoms with Crippen LogP contribution in [0.1, 0.15) is 57.3 Å². The van der Waals surface area contributed by atoms with Crippen LogP contribution >= 0.6 is 11.6 Å². The third kappa shape index (κ3) is 6.61. The number of amides is 2. The Morgan fingerprint density at radius 2 is 1.80 bits per heavy atom. The monoisotopic (exact) mass is 436 g/mol. The fourth-order valence-electron chi connectivity index (χ4n) is 3.53. The molecule has 1 aromatic carbocycles. The fourth-order valence-corrected chi connectivity index (χ4v) is 3.65. The Morgan fingerprint density at radius 3 is 2.40 bits per heavy atom. The molecule has 7 heteroatoms. The zero-order valence-electron chi connectivity index (χ0n) is 18.9. The quantitative estimate of drug-likeness (QED) is 0.545. The minimum atomic E-state index is -0.681. The van der Waals surface area contributed by atoms with Crippen LogP contribution in [0.2, 0.25) is 0 Å². The Hall–Kier alpha value is -1.79. The van der Waals surface area contributed by atoms with Crippen molar-refractivity contribution in [3.63, 3.8) is 0 Å². The zero-order valence-corrected chi connectivity index (χ0v) is 19.6. The lowest BCUT2D eigenvalue weighted by Crippen LogP contribution is -2.36. The minimum Gasteiger partial charge on any atom is -0.371 e. The van der Waals surface area contributed by atoms with E-state index < -0.39 is 5.41 Å². The maximum absolute atomic E-state index is 13.1. The van der Waals surface area contributed by atoms with Gasteiger partial charge in [-0.25, -0.2) is 0 Å². The maximum Gasteiger partial charge on any atom is 0.253 e. The van der Waals surface area contributed by atoms with Crippen molar-refractivity contribution in [2.45, 2.75) is 47.0 Å². The summed E-state index contributed by atoms with van der Waals surface area (Å²) in [6, 6.07) is 5.62. The van der Waals surface area contributed by atoms with Crippen LogP contribution in [0.15, 0.2) is 18.2 Å². The average Bonchev–Trinajstić information content (AvgIpc) is 2.77. The summed E-state index contributed by atoms with van der Waals surface area (Å²) in [5.41, 5.74) is 1.48. The number of alkyl halides is 1. The third-order valence-corrected chi connectivity index (χ3v) is 6.42. The molecule has 30 heavy (non-hydrogen) atoms. The highest BCUT2D eigenvalue weighted by Gasteiger charge is 2.27. The molecule has 2 amide bonds. The van der Waals surface area contributed by atoms with Gasteiger partial charge < -0.3 is 20.4 Å². The molecular weight excluding hydrogens is 400 g/mol. The van der Waals surface area contributed by atoms with Gasteiger partial charge in [0.2, 0.25) is 5.91 Å². The van der Waals surface area contributed by atoms with E-state index in [1.807, 2.05) is 12.1 Å². The highest BCUT2D eigenvalue weighted by Crippen LogP contribution is 2.28. The molecule has 1 fully saturated rings. The van der Waals surface area contributed by atoms with Crippen molar-refractivity contribution < 1.29 is 9.59 Å². The lowest BCUT2D eigenvalue weighted by Gasteiger charge is -2.31. The number of nitrogens with one attached hydrogen (secondary N) is 2. The number of rotatable bonds is 10. The first-order chi connectivity index (χ1) is 14.3. The van der Waals surface area contributed by atoms with E-state index in [-0.39, 0.29) is 17.7 Å². The highest BCUT2D eigenvalue weighted by molar-refractivity contribution is 6.20. The molecule has 168 valence electrons. The Morgan fingerprint density at radius 1 is 1.13 bits per heavy atom. The second kappa shape index (κ2) is 11.6. The molecule has 1 aliphatic heterocycles. The lowest BCUT2D eigenvalue weighted by atomic mass is 9.95. The van der Waals surface area contributed by atoms with E-state index in [9.17, 15) is 9.59 Å². The van der Waals surface area contributed by atoms with Gasteiger partial charge in [0, 0.05) is 43.4 Å². The van der Waals surface area contributed by atoms with Crippen LogP contribution in [0.4, 0.5) is 11.4 Å². The van der Waals surface area contributed by atoms with Gasteiger partial charge in [-0.05, 0) is 64.4 Å². The van der Waals surface area contributed by atoms with Crippen LogP contribution in [0.5, 0.6) is 0 Å². The zero-order chi connectivity index (χ0) is 22.1. The van der Waals surface area contributed by atoms with Crippen molar-refractivity contribution in [1.82, 2.24) is 10.2 Å². The summed E-state index contributed by atoms with van der Waals surface area (Å²) >= 11 is 5.93. The Balaban J connectivity index is 2.21. The second-order valence-electron chi connectivity index (χ2n) is 8.53. The summed E-state index contributed by atoms with van der Waals surface area (Å²) in [4.78, 5) is 30.2.